The van der Waals surface area contributed by atoms with Gasteiger partial charge in [-0.05, 0) is 52.2 Å². The van der Waals surface area contributed by atoms with Crippen molar-refractivity contribution in [3.63, 3.8) is 0 Å². The largest absolute Gasteiger partial charge is 0.457 e. The van der Waals surface area contributed by atoms with E-state index < -0.39 is 17.6 Å². The molecular formula is C18H24O5. The van der Waals surface area contributed by atoms with E-state index >= 15 is 0 Å². The molecule has 2 saturated heterocycles. The number of epoxide rings is 1. The van der Waals surface area contributed by atoms with Crippen LogP contribution >= 0.6 is 0 Å². The average Bonchev–Trinajstić information content (AvgIpc) is 2.95. The molecule has 0 bridgehead atoms. The summed E-state index contributed by atoms with van der Waals surface area (Å²) in [6.45, 7) is 6.12. The maximum atomic E-state index is 12.4. The highest BCUT2D eigenvalue weighted by molar-refractivity contribution is 6.00. The molecule has 2 heterocycles. The number of carbonyl (C=O) groups is 2. The number of aliphatic hydroxyl groups is 1. The zero-order valence-electron chi connectivity index (χ0n) is 13.9. The highest BCUT2D eigenvalue weighted by atomic mass is 16.6. The van der Waals surface area contributed by atoms with Crippen molar-refractivity contribution in [1.82, 2.24) is 0 Å². The Morgan fingerprint density at radius 2 is 2.13 bits per heavy atom. The maximum Gasteiger partial charge on any atom is 0.307 e. The van der Waals surface area contributed by atoms with Crippen molar-refractivity contribution in [2.75, 3.05) is 0 Å². The minimum Gasteiger partial charge on any atom is -0.457 e. The van der Waals surface area contributed by atoms with E-state index in [1.807, 2.05) is 13.0 Å². The molecule has 1 spiro atoms. The predicted octanol–water partition coefficient (Wildman–Crippen LogP) is 2.08. The lowest BCUT2D eigenvalue weighted by atomic mass is 9.69. The van der Waals surface area contributed by atoms with Crippen molar-refractivity contribution in [1.29, 1.82) is 0 Å². The number of ether oxygens (including phenoxy) is 2. The van der Waals surface area contributed by atoms with E-state index in [2.05, 4.69) is 13.8 Å². The van der Waals surface area contributed by atoms with Gasteiger partial charge in [-0.1, -0.05) is 11.6 Å². The van der Waals surface area contributed by atoms with Crippen LogP contribution in [0.1, 0.15) is 46.5 Å². The van der Waals surface area contributed by atoms with Gasteiger partial charge < -0.3 is 14.6 Å². The third-order valence-electron chi connectivity index (χ3n) is 5.20. The van der Waals surface area contributed by atoms with Crippen LogP contribution in [0.25, 0.3) is 0 Å². The minimum absolute atomic E-state index is 0.0322. The van der Waals surface area contributed by atoms with E-state index in [4.69, 9.17) is 9.47 Å². The summed E-state index contributed by atoms with van der Waals surface area (Å²) in [6.07, 6.45) is 5.75. The van der Waals surface area contributed by atoms with Gasteiger partial charge >= 0.3 is 5.97 Å². The first-order chi connectivity index (χ1) is 10.7. The molecule has 0 saturated carbocycles. The summed E-state index contributed by atoms with van der Waals surface area (Å²) in [5, 5.41) is 9.89. The fourth-order valence-electron chi connectivity index (χ4n) is 3.61. The summed E-state index contributed by atoms with van der Waals surface area (Å²) in [5.74, 6) is -0.504. The number of hydrogen-bond acceptors (Lipinski definition) is 5. The fourth-order valence-corrected chi connectivity index (χ4v) is 3.61. The first-order valence-electron chi connectivity index (χ1n) is 8.18. The second-order valence-corrected chi connectivity index (χ2v) is 7.50. The Morgan fingerprint density at radius 3 is 2.78 bits per heavy atom. The molecule has 1 unspecified atom stereocenters. The lowest BCUT2D eigenvalue weighted by Crippen LogP contribution is -2.42. The SMILES string of the molecule is C/C(=C\[C@H]1OC(=O)C[C@]12C[C@H](O)C=CC2=O)CCC1OC1(C)C. The summed E-state index contributed by atoms with van der Waals surface area (Å²) in [4.78, 5) is 24.2. The van der Waals surface area contributed by atoms with Crippen molar-refractivity contribution < 1.29 is 24.2 Å². The summed E-state index contributed by atoms with van der Waals surface area (Å²) >= 11 is 0. The molecule has 0 aromatic rings. The fraction of sp³-hybridized carbons (Fsp3) is 0.667. The van der Waals surface area contributed by atoms with Crippen LogP contribution in [-0.2, 0) is 19.1 Å². The molecule has 5 nitrogen and oxygen atoms in total. The highest BCUT2D eigenvalue weighted by Crippen LogP contribution is 2.45. The molecule has 0 amide bonds. The molecule has 1 aliphatic carbocycles. The molecule has 1 N–H and O–H groups in total. The number of ketones is 1. The smallest absolute Gasteiger partial charge is 0.307 e. The molecule has 0 radical (unpaired) electrons. The maximum absolute atomic E-state index is 12.4. The van der Waals surface area contributed by atoms with Crippen LogP contribution < -0.4 is 0 Å². The molecule has 23 heavy (non-hydrogen) atoms. The van der Waals surface area contributed by atoms with Crippen LogP contribution in [-0.4, -0.2) is 40.8 Å². The van der Waals surface area contributed by atoms with Gasteiger partial charge in [0.15, 0.2) is 5.78 Å². The quantitative estimate of drug-likeness (QED) is 0.487. The van der Waals surface area contributed by atoms with Crippen LogP contribution in [0, 0.1) is 5.41 Å². The lowest BCUT2D eigenvalue weighted by molar-refractivity contribution is -0.140. The van der Waals surface area contributed by atoms with Gasteiger partial charge in [0.2, 0.25) is 0 Å². The van der Waals surface area contributed by atoms with E-state index in [0.29, 0.717) is 0 Å². The Kier molecular flexibility index (Phi) is 3.97. The Labute approximate surface area is 136 Å². The number of hydrogen-bond donors (Lipinski definition) is 1. The highest BCUT2D eigenvalue weighted by Gasteiger charge is 2.54. The van der Waals surface area contributed by atoms with Crippen molar-refractivity contribution in [2.45, 2.75) is 70.4 Å². The Bertz CT molecular complexity index is 588. The first kappa shape index (κ1) is 16.4. The number of aliphatic hydroxyl groups excluding tert-OH is 1. The van der Waals surface area contributed by atoms with Gasteiger partial charge in [0.25, 0.3) is 0 Å². The summed E-state index contributed by atoms with van der Waals surface area (Å²) in [5.41, 5.74) is 0.101. The number of rotatable bonds is 4. The van der Waals surface area contributed by atoms with Gasteiger partial charge in [-0.2, -0.15) is 0 Å². The van der Waals surface area contributed by atoms with E-state index in [0.717, 1.165) is 18.4 Å². The molecule has 3 aliphatic rings. The zero-order valence-corrected chi connectivity index (χ0v) is 13.9. The summed E-state index contributed by atoms with van der Waals surface area (Å²) < 4.78 is 11.0. The molecule has 0 aromatic heterocycles. The van der Waals surface area contributed by atoms with Gasteiger partial charge in [0, 0.05) is 0 Å². The van der Waals surface area contributed by atoms with Gasteiger partial charge in [-0.15, -0.1) is 0 Å². The minimum atomic E-state index is -0.943. The van der Waals surface area contributed by atoms with Crippen LogP contribution in [0.5, 0.6) is 0 Å². The van der Waals surface area contributed by atoms with Gasteiger partial charge in [-0.25, -0.2) is 0 Å². The van der Waals surface area contributed by atoms with Crippen LogP contribution in [0.2, 0.25) is 0 Å². The van der Waals surface area contributed by atoms with Gasteiger partial charge in [0.1, 0.15) is 6.10 Å². The third kappa shape index (κ3) is 3.12. The Hall–Kier alpha value is -1.46. The van der Waals surface area contributed by atoms with Crippen molar-refractivity contribution in [3.8, 4) is 0 Å². The number of cyclic esters (lactones) is 1. The number of esters is 1. The molecule has 2 aliphatic heterocycles. The molecule has 4 atom stereocenters. The predicted molar refractivity (Wildman–Crippen MR) is 83.6 cm³/mol. The average molecular weight is 320 g/mol. The number of allylic oxidation sites excluding steroid dienone is 2. The topological polar surface area (TPSA) is 76.1 Å². The summed E-state index contributed by atoms with van der Waals surface area (Å²) in [7, 11) is 0. The Balaban J connectivity index is 1.72. The van der Waals surface area contributed by atoms with E-state index in [1.54, 1.807) is 0 Å². The van der Waals surface area contributed by atoms with E-state index in [9.17, 15) is 14.7 Å². The Morgan fingerprint density at radius 1 is 1.43 bits per heavy atom. The second-order valence-electron chi connectivity index (χ2n) is 7.50. The van der Waals surface area contributed by atoms with Crippen molar-refractivity contribution in [3.05, 3.63) is 23.8 Å². The first-order valence-corrected chi connectivity index (χ1v) is 8.18. The molecule has 3 rings (SSSR count). The van der Waals surface area contributed by atoms with E-state index in [-0.39, 0.29) is 36.3 Å². The monoisotopic (exact) mass is 320 g/mol. The summed E-state index contributed by atoms with van der Waals surface area (Å²) in [6, 6.07) is 0. The van der Waals surface area contributed by atoms with E-state index in [1.165, 1.54) is 12.2 Å². The number of carbonyl (C=O) groups excluding carboxylic acids is 2. The third-order valence-corrected chi connectivity index (χ3v) is 5.20. The molecule has 126 valence electrons. The zero-order chi connectivity index (χ0) is 16.8. The van der Waals surface area contributed by atoms with Crippen molar-refractivity contribution >= 4 is 11.8 Å². The van der Waals surface area contributed by atoms with Crippen LogP contribution in [0.3, 0.4) is 0 Å². The molecule has 5 heteroatoms. The molecular weight excluding hydrogens is 296 g/mol. The van der Waals surface area contributed by atoms with Gasteiger partial charge in [0.05, 0.1) is 29.6 Å². The van der Waals surface area contributed by atoms with Crippen LogP contribution in [0.15, 0.2) is 23.8 Å². The standard InChI is InChI=1S/C18H24O5/c1-11(4-7-14-17(2,3)23-14)8-15-18(10-16(21)22-15)9-12(19)5-6-13(18)20/h5-6,8,12,14-15,19H,4,7,9-10H2,1-3H3/b11-8+/t12-,14?,15-,18+/m1/s1. The normalized spacial score (nSPS) is 39.0. The molecule has 0 aromatic carbocycles. The molecule has 2 fully saturated rings. The van der Waals surface area contributed by atoms with Gasteiger partial charge in [-0.3, -0.25) is 9.59 Å². The lowest BCUT2D eigenvalue weighted by Gasteiger charge is -2.32. The van der Waals surface area contributed by atoms with Crippen molar-refractivity contribution in [2.24, 2.45) is 5.41 Å². The second kappa shape index (κ2) is 5.56. The van der Waals surface area contributed by atoms with Crippen LogP contribution in [0.4, 0.5) is 0 Å².